The molecule has 4 rings (SSSR count). The van der Waals surface area contributed by atoms with E-state index in [4.69, 9.17) is 11.6 Å². The fourth-order valence-electron chi connectivity index (χ4n) is 3.34. The van der Waals surface area contributed by atoms with E-state index in [0.717, 1.165) is 6.42 Å². The number of fused-ring (bicyclic) bond motifs is 1. The van der Waals surface area contributed by atoms with Crippen molar-refractivity contribution in [2.45, 2.75) is 25.4 Å². The monoisotopic (exact) mass is 352 g/mol. The minimum absolute atomic E-state index is 0.00471. The van der Waals surface area contributed by atoms with E-state index in [2.05, 4.69) is 22.2 Å². The van der Waals surface area contributed by atoms with Crippen LogP contribution in [-0.4, -0.2) is 26.7 Å². The van der Waals surface area contributed by atoms with Gasteiger partial charge in [-0.2, -0.15) is 10.1 Å². The lowest BCUT2D eigenvalue weighted by atomic mass is 9.97. The third-order valence-electron chi connectivity index (χ3n) is 4.56. The zero-order valence-corrected chi connectivity index (χ0v) is 14.5. The fourth-order valence-corrected chi connectivity index (χ4v) is 3.46. The Bertz CT molecular complexity index is 891. The van der Waals surface area contributed by atoms with Crippen LogP contribution >= 0.6 is 11.6 Å². The van der Waals surface area contributed by atoms with Crippen LogP contribution in [0.2, 0.25) is 5.02 Å². The molecule has 2 atom stereocenters. The Morgan fingerprint density at radius 3 is 2.56 bits per heavy atom. The first-order valence-corrected chi connectivity index (χ1v) is 8.56. The normalized spacial score (nSPS) is 19.5. The van der Waals surface area contributed by atoms with E-state index in [1.54, 1.807) is 29.2 Å². The number of benzene rings is 2. The highest BCUT2D eigenvalue weighted by Crippen LogP contribution is 2.35. The molecule has 0 saturated carbocycles. The SMILES string of the molecule is C[C@@H]1C[C@@H](c2ccccc2)n2ncnc2N1C(=O)c1ccc(Cl)cc1. The van der Waals surface area contributed by atoms with Crippen molar-refractivity contribution in [2.24, 2.45) is 0 Å². The average Bonchev–Trinajstić information content (AvgIpc) is 3.11. The quantitative estimate of drug-likeness (QED) is 0.701. The van der Waals surface area contributed by atoms with Crippen molar-refractivity contribution in [2.75, 3.05) is 4.90 Å². The molecule has 1 aliphatic heterocycles. The predicted octanol–water partition coefficient (Wildman–Crippen LogP) is 3.96. The zero-order valence-electron chi connectivity index (χ0n) is 13.7. The Kier molecular flexibility index (Phi) is 4.01. The Balaban J connectivity index is 1.73. The largest absolute Gasteiger partial charge is 0.274 e. The first-order valence-electron chi connectivity index (χ1n) is 8.18. The van der Waals surface area contributed by atoms with Crippen molar-refractivity contribution in [3.05, 3.63) is 77.1 Å². The summed E-state index contributed by atoms with van der Waals surface area (Å²) in [4.78, 5) is 19.1. The van der Waals surface area contributed by atoms with Gasteiger partial charge in [0.15, 0.2) is 0 Å². The molecule has 126 valence electrons. The van der Waals surface area contributed by atoms with E-state index in [-0.39, 0.29) is 18.0 Å². The molecule has 0 radical (unpaired) electrons. The predicted molar refractivity (Wildman–Crippen MR) is 96.9 cm³/mol. The molecule has 0 spiro atoms. The van der Waals surface area contributed by atoms with Gasteiger partial charge in [-0.05, 0) is 43.2 Å². The van der Waals surface area contributed by atoms with Crippen LogP contribution in [0.3, 0.4) is 0 Å². The Morgan fingerprint density at radius 2 is 1.84 bits per heavy atom. The van der Waals surface area contributed by atoms with Crippen LogP contribution in [0.1, 0.15) is 35.3 Å². The van der Waals surface area contributed by atoms with Gasteiger partial charge in [-0.1, -0.05) is 41.9 Å². The molecule has 1 amide bonds. The molecule has 0 bridgehead atoms. The maximum absolute atomic E-state index is 13.0. The van der Waals surface area contributed by atoms with Crippen LogP contribution in [0.5, 0.6) is 0 Å². The maximum Gasteiger partial charge on any atom is 0.260 e. The summed E-state index contributed by atoms with van der Waals surface area (Å²) in [5.41, 5.74) is 1.75. The van der Waals surface area contributed by atoms with Gasteiger partial charge in [-0.15, -0.1) is 0 Å². The second-order valence-corrected chi connectivity index (χ2v) is 6.63. The Morgan fingerprint density at radius 1 is 1.12 bits per heavy atom. The van der Waals surface area contributed by atoms with Gasteiger partial charge in [0, 0.05) is 16.6 Å². The van der Waals surface area contributed by atoms with Crippen LogP contribution in [-0.2, 0) is 0 Å². The number of rotatable bonds is 2. The van der Waals surface area contributed by atoms with E-state index in [0.29, 0.717) is 16.5 Å². The molecule has 0 unspecified atom stereocenters. The summed E-state index contributed by atoms with van der Waals surface area (Å²) in [5, 5.41) is 4.99. The van der Waals surface area contributed by atoms with Gasteiger partial charge in [0.25, 0.3) is 5.91 Å². The molecule has 5 nitrogen and oxygen atoms in total. The topological polar surface area (TPSA) is 51.0 Å². The van der Waals surface area contributed by atoms with Gasteiger partial charge in [0.2, 0.25) is 5.95 Å². The van der Waals surface area contributed by atoms with Crippen molar-refractivity contribution in [3.63, 3.8) is 0 Å². The number of hydrogen-bond donors (Lipinski definition) is 0. The number of amides is 1. The van der Waals surface area contributed by atoms with Gasteiger partial charge in [-0.25, -0.2) is 4.68 Å². The van der Waals surface area contributed by atoms with Crippen LogP contribution in [0.25, 0.3) is 0 Å². The smallest absolute Gasteiger partial charge is 0.260 e. The molecular formula is C19H17ClN4O. The van der Waals surface area contributed by atoms with Gasteiger partial charge in [-0.3, -0.25) is 9.69 Å². The van der Waals surface area contributed by atoms with Crippen molar-refractivity contribution in [1.29, 1.82) is 0 Å². The summed E-state index contributed by atoms with van der Waals surface area (Å²) in [6.07, 6.45) is 2.28. The van der Waals surface area contributed by atoms with Gasteiger partial charge in [0.05, 0.1) is 6.04 Å². The van der Waals surface area contributed by atoms with E-state index < -0.39 is 0 Å². The average molecular weight is 353 g/mol. The summed E-state index contributed by atoms with van der Waals surface area (Å²) in [5.74, 6) is 0.484. The number of carbonyl (C=O) groups excluding carboxylic acids is 1. The first kappa shape index (κ1) is 15.8. The molecule has 2 heterocycles. The van der Waals surface area contributed by atoms with Crippen molar-refractivity contribution >= 4 is 23.5 Å². The summed E-state index contributed by atoms with van der Waals surface area (Å²) in [6.45, 7) is 2.04. The zero-order chi connectivity index (χ0) is 17.4. The lowest BCUT2D eigenvalue weighted by molar-refractivity contribution is 0.0966. The maximum atomic E-state index is 13.0. The van der Waals surface area contributed by atoms with E-state index in [1.165, 1.54) is 11.9 Å². The van der Waals surface area contributed by atoms with Crippen LogP contribution < -0.4 is 4.90 Å². The van der Waals surface area contributed by atoms with Crippen molar-refractivity contribution in [1.82, 2.24) is 14.8 Å². The summed E-state index contributed by atoms with van der Waals surface area (Å²) in [6, 6.07) is 17.2. The highest BCUT2D eigenvalue weighted by atomic mass is 35.5. The molecule has 3 aromatic rings. The van der Waals surface area contributed by atoms with E-state index >= 15 is 0 Å². The van der Waals surface area contributed by atoms with Crippen LogP contribution in [0.15, 0.2) is 60.9 Å². The van der Waals surface area contributed by atoms with Crippen LogP contribution in [0, 0.1) is 0 Å². The summed E-state index contributed by atoms with van der Waals surface area (Å²) in [7, 11) is 0. The minimum Gasteiger partial charge on any atom is -0.274 e. The lowest BCUT2D eigenvalue weighted by Gasteiger charge is -2.37. The molecule has 0 fully saturated rings. The third-order valence-corrected chi connectivity index (χ3v) is 4.82. The second-order valence-electron chi connectivity index (χ2n) is 6.20. The minimum atomic E-state index is -0.0927. The number of aromatic nitrogens is 3. The molecule has 1 aliphatic rings. The molecule has 6 heteroatoms. The first-order chi connectivity index (χ1) is 12.1. The molecule has 0 aliphatic carbocycles. The summed E-state index contributed by atoms with van der Waals surface area (Å²) >= 11 is 5.93. The highest BCUT2D eigenvalue weighted by molar-refractivity contribution is 6.30. The van der Waals surface area contributed by atoms with Gasteiger partial charge in [0.1, 0.15) is 6.33 Å². The third kappa shape index (κ3) is 2.81. The molecule has 1 aromatic heterocycles. The van der Waals surface area contributed by atoms with E-state index in [1.807, 2.05) is 29.8 Å². The number of hydrogen-bond acceptors (Lipinski definition) is 3. The number of nitrogens with zero attached hydrogens (tertiary/aromatic N) is 4. The highest BCUT2D eigenvalue weighted by Gasteiger charge is 2.36. The Labute approximate surface area is 150 Å². The van der Waals surface area contributed by atoms with E-state index in [9.17, 15) is 4.79 Å². The van der Waals surface area contributed by atoms with Gasteiger partial charge < -0.3 is 0 Å². The van der Waals surface area contributed by atoms with Crippen molar-refractivity contribution < 1.29 is 4.79 Å². The van der Waals surface area contributed by atoms with Gasteiger partial charge >= 0.3 is 0 Å². The molecule has 25 heavy (non-hydrogen) atoms. The van der Waals surface area contributed by atoms with Crippen molar-refractivity contribution in [3.8, 4) is 0 Å². The second kappa shape index (κ2) is 6.33. The number of carbonyl (C=O) groups is 1. The standard InChI is InChI=1S/C19H17ClN4O/c1-13-11-17(14-5-3-2-4-6-14)24-19(21-12-22-24)23(13)18(25)15-7-9-16(20)10-8-15/h2-10,12-13,17H,11H2,1H3/t13-,17+/m1/s1. The molecular weight excluding hydrogens is 336 g/mol. The number of anilines is 1. The molecule has 0 saturated heterocycles. The lowest BCUT2D eigenvalue weighted by Crippen LogP contribution is -2.46. The summed E-state index contributed by atoms with van der Waals surface area (Å²) < 4.78 is 1.84. The molecule has 0 N–H and O–H groups in total. The number of halogens is 1. The fraction of sp³-hybridized carbons (Fsp3) is 0.211. The Hall–Kier alpha value is -2.66. The molecule has 2 aromatic carbocycles. The van der Waals surface area contributed by atoms with Crippen LogP contribution in [0.4, 0.5) is 5.95 Å².